The van der Waals surface area contributed by atoms with Crippen molar-refractivity contribution in [2.45, 2.75) is 13.5 Å². The number of aromatic nitrogens is 4. The van der Waals surface area contributed by atoms with Crippen LogP contribution in [0.25, 0.3) is 22.6 Å². The molecule has 1 N–H and O–H groups in total. The number of benzene rings is 1. The minimum atomic E-state index is -2.40. The molecule has 13 heteroatoms. The lowest BCUT2D eigenvalue weighted by Crippen LogP contribution is -2.46. The van der Waals surface area contributed by atoms with Crippen molar-refractivity contribution in [1.29, 1.82) is 0 Å². The highest BCUT2D eigenvalue weighted by Gasteiger charge is 2.24. The maximum absolute atomic E-state index is 11.4. The third-order valence-electron chi connectivity index (χ3n) is 6.71. The standard InChI is InChI=1S/C24H32N8O4S/c1-17(33)25-19-5-3-18(4-6-19)22-27-23-21(24(28-22)32-11-13-36-14-12-32)26-20(29(23)2)15-30-7-9-31(10-8-30)16-37(34)35/h3-6,37H,7-16H2,1-2H3,(H,25,33). The number of piperazine rings is 1. The minimum absolute atomic E-state index is 0.114. The van der Waals surface area contributed by atoms with Crippen molar-refractivity contribution in [1.82, 2.24) is 29.3 Å². The highest BCUT2D eigenvalue weighted by molar-refractivity contribution is 7.72. The average molecular weight is 529 g/mol. The molecule has 12 nitrogen and oxygen atoms in total. The molecule has 0 radical (unpaired) electrons. The van der Waals surface area contributed by atoms with E-state index >= 15 is 0 Å². The van der Waals surface area contributed by atoms with Crippen LogP contribution in [0.5, 0.6) is 0 Å². The van der Waals surface area contributed by atoms with Crippen molar-refractivity contribution in [2.75, 3.05) is 68.6 Å². The SMILES string of the molecule is CC(=O)Nc1ccc(-c2nc(N3CCOCC3)c3nc(CN4CCN(C[SH](=O)=O)CC4)n(C)c3n2)cc1. The van der Waals surface area contributed by atoms with E-state index in [1.807, 2.05) is 40.8 Å². The largest absolute Gasteiger partial charge is 0.378 e. The fraction of sp³-hybridized carbons (Fsp3) is 0.500. The molecule has 2 saturated heterocycles. The quantitative estimate of drug-likeness (QED) is 0.419. The lowest BCUT2D eigenvalue weighted by molar-refractivity contribution is -0.114. The number of nitrogens with zero attached hydrogens (tertiary/aromatic N) is 7. The van der Waals surface area contributed by atoms with Crippen molar-refractivity contribution in [3.8, 4) is 11.4 Å². The van der Waals surface area contributed by atoms with E-state index in [2.05, 4.69) is 15.1 Å². The topological polar surface area (TPSA) is 126 Å². The first kappa shape index (κ1) is 25.5. The molecule has 0 bridgehead atoms. The van der Waals surface area contributed by atoms with E-state index in [4.69, 9.17) is 19.7 Å². The number of amides is 1. The van der Waals surface area contributed by atoms with Gasteiger partial charge in [0, 0.05) is 64.5 Å². The van der Waals surface area contributed by atoms with E-state index in [1.54, 1.807) is 0 Å². The number of morpholine rings is 1. The molecular formula is C24H32N8O4S. The van der Waals surface area contributed by atoms with E-state index in [0.29, 0.717) is 38.7 Å². The van der Waals surface area contributed by atoms with E-state index in [1.165, 1.54) is 6.92 Å². The fourth-order valence-electron chi connectivity index (χ4n) is 4.72. The Balaban J connectivity index is 1.46. The summed E-state index contributed by atoms with van der Waals surface area (Å²) in [7, 11) is -0.425. The summed E-state index contributed by atoms with van der Waals surface area (Å²) < 4.78 is 29.7. The van der Waals surface area contributed by atoms with Crippen LogP contribution in [0.3, 0.4) is 0 Å². The molecule has 1 aromatic carbocycles. The first-order valence-electron chi connectivity index (χ1n) is 12.4. The Morgan fingerprint density at radius 3 is 2.30 bits per heavy atom. The summed E-state index contributed by atoms with van der Waals surface area (Å²) in [5.41, 5.74) is 3.09. The summed E-state index contributed by atoms with van der Waals surface area (Å²) in [5.74, 6) is 2.27. The molecule has 1 amide bonds. The zero-order chi connectivity index (χ0) is 25.9. The van der Waals surface area contributed by atoms with Crippen molar-refractivity contribution in [3.05, 3.63) is 30.1 Å². The second-order valence-electron chi connectivity index (χ2n) is 9.36. The number of anilines is 2. The Morgan fingerprint density at radius 1 is 0.973 bits per heavy atom. The van der Waals surface area contributed by atoms with E-state index < -0.39 is 10.7 Å². The van der Waals surface area contributed by atoms with Crippen molar-refractivity contribution >= 4 is 39.3 Å². The van der Waals surface area contributed by atoms with E-state index in [-0.39, 0.29) is 11.8 Å². The normalized spacial score (nSPS) is 17.5. The van der Waals surface area contributed by atoms with Crippen molar-refractivity contribution in [3.63, 3.8) is 0 Å². The smallest absolute Gasteiger partial charge is 0.221 e. The number of hydrogen-bond acceptors (Lipinski definition) is 10. The van der Waals surface area contributed by atoms with Gasteiger partial charge in [0.05, 0.1) is 25.6 Å². The molecule has 2 aliphatic rings. The molecule has 2 fully saturated rings. The molecule has 37 heavy (non-hydrogen) atoms. The molecule has 2 aromatic heterocycles. The number of carbonyl (C=O) groups excluding carboxylic acids is 1. The number of rotatable bonds is 7. The summed E-state index contributed by atoms with van der Waals surface area (Å²) in [6, 6.07) is 7.50. The Labute approximate surface area is 217 Å². The number of imidazole rings is 1. The van der Waals surface area contributed by atoms with Crippen LogP contribution >= 0.6 is 0 Å². The number of nitrogens with one attached hydrogen (secondary N) is 1. The lowest BCUT2D eigenvalue weighted by Gasteiger charge is -2.33. The van der Waals surface area contributed by atoms with Crippen LogP contribution in [0.15, 0.2) is 24.3 Å². The summed E-state index contributed by atoms with van der Waals surface area (Å²) in [5, 5.41) is 2.79. The maximum Gasteiger partial charge on any atom is 0.221 e. The van der Waals surface area contributed by atoms with Gasteiger partial charge in [-0.1, -0.05) is 0 Å². The van der Waals surface area contributed by atoms with E-state index in [9.17, 15) is 13.2 Å². The molecule has 0 saturated carbocycles. The van der Waals surface area contributed by atoms with Gasteiger partial charge in [-0.05, 0) is 24.3 Å². The van der Waals surface area contributed by atoms with Crippen LogP contribution in [-0.2, 0) is 33.8 Å². The second kappa shape index (κ2) is 11.1. The predicted molar refractivity (Wildman–Crippen MR) is 141 cm³/mol. The number of carbonyl (C=O) groups is 1. The van der Waals surface area contributed by atoms with Crippen molar-refractivity contribution in [2.24, 2.45) is 7.05 Å². The summed E-state index contributed by atoms with van der Waals surface area (Å²) in [6.07, 6.45) is 0. The van der Waals surface area contributed by atoms with Gasteiger partial charge < -0.3 is 19.5 Å². The van der Waals surface area contributed by atoms with Gasteiger partial charge in [0.25, 0.3) is 0 Å². The number of aryl methyl sites for hydroxylation is 1. The van der Waals surface area contributed by atoms with Crippen LogP contribution < -0.4 is 10.2 Å². The zero-order valence-electron chi connectivity index (χ0n) is 21.1. The van der Waals surface area contributed by atoms with Gasteiger partial charge in [0.15, 0.2) is 33.5 Å². The Kier molecular flexibility index (Phi) is 7.65. The molecule has 0 spiro atoms. The van der Waals surface area contributed by atoms with Gasteiger partial charge >= 0.3 is 0 Å². The van der Waals surface area contributed by atoms with Crippen LogP contribution in [0.1, 0.15) is 12.7 Å². The predicted octanol–water partition coefficient (Wildman–Crippen LogP) is 0.512. The minimum Gasteiger partial charge on any atom is -0.378 e. The van der Waals surface area contributed by atoms with Crippen LogP contribution in [-0.4, -0.2) is 102 Å². The molecule has 0 atom stereocenters. The Hall–Kier alpha value is -3.13. The molecule has 3 aromatic rings. The van der Waals surface area contributed by atoms with Crippen LogP contribution in [0.4, 0.5) is 11.5 Å². The van der Waals surface area contributed by atoms with E-state index in [0.717, 1.165) is 60.2 Å². The number of ether oxygens (including phenoxy) is 1. The monoisotopic (exact) mass is 528 g/mol. The lowest BCUT2D eigenvalue weighted by atomic mass is 10.2. The molecule has 5 rings (SSSR count). The van der Waals surface area contributed by atoms with Crippen LogP contribution in [0.2, 0.25) is 0 Å². The average Bonchev–Trinajstić information content (AvgIpc) is 3.20. The first-order chi connectivity index (χ1) is 17.9. The van der Waals surface area contributed by atoms with Gasteiger partial charge in [0.1, 0.15) is 5.82 Å². The summed E-state index contributed by atoms with van der Waals surface area (Å²) in [6.45, 7) is 7.82. The third-order valence-corrected chi connectivity index (χ3v) is 7.34. The zero-order valence-corrected chi connectivity index (χ0v) is 22.0. The number of fused-ring (bicyclic) bond motifs is 1. The molecule has 0 unspecified atom stereocenters. The maximum atomic E-state index is 11.4. The van der Waals surface area contributed by atoms with Crippen LogP contribution in [0, 0.1) is 0 Å². The molecule has 0 aliphatic carbocycles. The number of thiol groups is 1. The molecule has 4 heterocycles. The second-order valence-corrected chi connectivity index (χ2v) is 10.3. The first-order valence-corrected chi connectivity index (χ1v) is 13.7. The van der Waals surface area contributed by atoms with Gasteiger partial charge in [-0.2, -0.15) is 0 Å². The van der Waals surface area contributed by atoms with Crippen molar-refractivity contribution < 1.29 is 17.9 Å². The van der Waals surface area contributed by atoms with Gasteiger partial charge in [-0.25, -0.2) is 23.4 Å². The highest BCUT2D eigenvalue weighted by atomic mass is 32.2. The molecule has 198 valence electrons. The Bertz CT molecular complexity index is 1340. The number of hydrogen-bond donors (Lipinski definition) is 2. The van der Waals surface area contributed by atoms with Gasteiger partial charge in [-0.3, -0.25) is 14.6 Å². The molecular weight excluding hydrogens is 496 g/mol. The fourth-order valence-corrected chi connectivity index (χ4v) is 5.33. The summed E-state index contributed by atoms with van der Waals surface area (Å²) in [4.78, 5) is 32.7. The molecule has 2 aliphatic heterocycles. The Morgan fingerprint density at radius 2 is 1.65 bits per heavy atom. The van der Waals surface area contributed by atoms with Gasteiger partial charge in [-0.15, -0.1) is 0 Å². The third kappa shape index (κ3) is 5.90. The van der Waals surface area contributed by atoms with Gasteiger partial charge in [0.2, 0.25) is 5.91 Å². The summed E-state index contributed by atoms with van der Waals surface area (Å²) >= 11 is 0. The highest BCUT2D eigenvalue weighted by Crippen LogP contribution is 2.29.